The minimum Gasteiger partial charge on any atom is -0.347 e. The SMILES string of the molecule is O=C(C[NH+]1CCC2(CC1)OCCO2)Nc1cc(Cl)cc(Cl)c1. The number of benzene rings is 1. The molecule has 1 aromatic rings. The van der Waals surface area contributed by atoms with E-state index in [4.69, 9.17) is 32.7 Å². The summed E-state index contributed by atoms with van der Waals surface area (Å²) >= 11 is 11.9. The number of amides is 1. The zero-order valence-electron chi connectivity index (χ0n) is 12.2. The smallest absolute Gasteiger partial charge is 0.279 e. The molecule has 1 amide bonds. The molecule has 0 aromatic heterocycles. The topological polar surface area (TPSA) is 52.0 Å². The highest BCUT2D eigenvalue weighted by Crippen LogP contribution is 2.27. The molecule has 0 unspecified atom stereocenters. The fourth-order valence-corrected chi connectivity index (χ4v) is 3.53. The Kier molecular flexibility index (Phi) is 4.90. The van der Waals surface area contributed by atoms with Gasteiger partial charge in [0.25, 0.3) is 5.91 Å². The van der Waals surface area contributed by atoms with E-state index in [1.54, 1.807) is 18.2 Å². The molecule has 5 nitrogen and oxygen atoms in total. The van der Waals surface area contributed by atoms with Gasteiger partial charge in [-0.05, 0) is 18.2 Å². The number of piperidine rings is 1. The average molecular weight is 346 g/mol. The van der Waals surface area contributed by atoms with E-state index < -0.39 is 0 Å². The summed E-state index contributed by atoms with van der Waals surface area (Å²) < 4.78 is 11.4. The zero-order chi connectivity index (χ0) is 15.6. The van der Waals surface area contributed by atoms with E-state index in [1.807, 2.05) is 0 Å². The number of carbonyl (C=O) groups excluding carboxylic acids is 1. The lowest BCUT2D eigenvalue weighted by molar-refractivity contribution is -0.900. The number of nitrogens with one attached hydrogen (secondary N) is 2. The van der Waals surface area contributed by atoms with E-state index in [0.717, 1.165) is 25.9 Å². The van der Waals surface area contributed by atoms with Gasteiger partial charge in [0.1, 0.15) is 0 Å². The number of ether oxygens (including phenoxy) is 2. The molecule has 2 saturated heterocycles. The second-order valence-electron chi connectivity index (χ2n) is 5.74. The average Bonchev–Trinajstić information content (AvgIpc) is 2.89. The van der Waals surface area contributed by atoms with Crippen LogP contribution in [0.3, 0.4) is 0 Å². The Bertz CT molecular complexity index is 531. The predicted molar refractivity (Wildman–Crippen MR) is 84.5 cm³/mol. The summed E-state index contributed by atoms with van der Waals surface area (Å²) in [5.74, 6) is -0.432. The van der Waals surface area contributed by atoms with Crippen molar-refractivity contribution in [2.24, 2.45) is 0 Å². The lowest BCUT2D eigenvalue weighted by Crippen LogP contribution is -3.14. The molecule has 0 atom stereocenters. The van der Waals surface area contributed by atoms with Crippen LogP contribution in [-0.4, -0.2) is 44.5 Å². The summed E-state index contributed by atoms with van der Waals surface area (Å²) in [7, 11) is 0. The molecule has 22 heavy (non-hydrogen) atoms. The van der Waals surface area contributed by atoms with E-state index in [1.165, 1.54) is 4.90 Å². The van der Waals surface area contributed by atoms with E-state index in [-0.39, 0.29) is 11.7 Å². The van der Waals surface area contributed by atoms with Crippen LogP contribution in [0.4, 0.5) is 5.69 Å². The van der Waals surface area contributed by atoms with Crippen LogP contribution >= 0.6 is 23.2 Å². The van der Waals surface area contributed by atoms with Crippen LogP contribution in [-0.2, 0) is 14.3 Å². The number of halogens is 2. The van der Waals surface area contributed by atoms with E-state index in [2.05, 4.69) is 5.32 Å². The largest absolute Gasteiger partial charge is 0.347 e. The molecule has 7 heteroatoms. The summed E-state index contributed by atoms with van der Waals surface area (Å²) in [5.41, 5.74) is 0.623. The summed E-state index contributed by atoms with van der Waals surface area (Å²) in [5, 5.41) is 3.85. The van der Waals surface area contributed by atoms with Gasteiger partial charge in [-0.25, -0.2) is 0 Å². The van der Waals surface area contributed by atoms with Gasteiger partial charge >= 0.3 is 0 Å². The van der Waals surface area contributed by atoms with Crippen molar-refractivity contribution in [2.45, 2.75) is 18.6 Å². The van der Waals surface area contributed by atoms with Crippen molar-refractivity contribution in [1.29, 1.82) is 0 Å². The Morgan fingerprint density at radius 2 is 1.73 bits per heavy atom. The van der Waals surface area contributed by atoms with Gasteiger partial charge in [-0.2, -0.15) is 0 Å². The first-order chi connectivity index (χ1) is 10.5. The number of hydrogen-bond donors (Lipinski definition) is 2. The van der Waals surface area contributed by atoms with Crippen LogP contribution in [0.5, 0.6) is 0 Å². The van der Waals surface area contributed by atoms with E-state index >= 15 is 0 Å². The molecular weight excluding hydrogens is 327 g/mol. The molecule has 2 heterocycles. The minimum atomic E-state index is -0.388. The maximum atomic E-state index is 12.1. The Morgan fingerprint density at radius 1 is 1.14 bits per heavy atom. The van der Waals surface area contributed by atoms with Gasteiger partial charge in [0.2, 0.25) is 0 Å². The van der Waals surface area contributed by atoms with Crippen molar-refractivity contribution in [3.8, 4) is 0 Å². The number of rotatable bonds is 3. The van der Waals surface area contributed by atoms with Crippen LogP contribution in [0.1, 0.15) is 12.8 Å². The molecule has 0 radical (unpaired) electrons. The third-order valence-electron chi connectivity index (χ3n) is 4.09. The van der Waals surface area contributed by atoms with Crippen molar-refractivity contribution in [1.82, 2.24) is 0 Å². The van der Waals surface area contributed by atoms with Crippen LogP contribution in [0.15, 0.2) is 18.2 Å². The molecule has 0 aliphatic carbocycles. The molecule has 1 spiro atoms. The Morgan fingerprint density at radius 3 is 2.32 bits per heavy atom. The zero-order valence-corrected chi connectivity index (χ0v) is 13.7. The number of quaternary nitrogens is 1. The number of anilines is 1. The fourth-order valence-electron chi connectivity index (χ4n) is 3.01. The van der Waals surface area contributed by atoms with Gasteiger partial charge in [-0.1, -0.05) is 23.2 Å². The van der Waals surface area contributed by atoms with Gasteiger partial charge in [-0.15, -0.1) is 0 Å². The molecule has 3 rings (SSSR count). The van der Waals surface area contributed by atoms with Gasteiger partial charge in [0, 0.05) is 15.7 Å². The summed E-state index contributed by atoms with van der Waals surface area (Å²) in [4.78, 5) is 13.4. The normalized spacial score (nSPS) is 21.2. The first kappa shape index (κ1) is 16.0. The summed E-state index contributed by atoms with van der Waals surface area (Å²) in [6.07, 6.45) is 1.66. The molecule has 2 aliphatic heterocycles. The van der Waals surface area contributed by atoms with Crippen molar-refractivity contribution >= 4 is 34.8 Å². The highest BCUT2D eigenvalue weighted by atomic mass is 35.5. The number of likely N-dealkylation sites (tertiary alicyclic amines) is 1. The van der Waals surface area contributed by atoms with Gasteiger partial charge in [-0.3, -0.25) is 4.79 Å². The lowest BCUT2D eigenvalue weighted by atomic mass is 10.0. The molecule has 1 aromatic carbocycles. The van der Waals surface area contributed by atoms with Gasteiger partial charge in [0.15, 0.2) is 12.3 Å². The van der Waals surface area contributed by atoms with Crippen molar-refractivity contribution in [3.05, 3.63) is 28.2 Å². The first-order valence-corrected chi connectivity index (χ1v) is 8.18. The van der Waals surface area contributed by atoms with Crippen molar-refractivity contribution in [3.63, 3.8) is 0 Å². The third-order valence-corrected chi connectivity index (χ3v) is 4.53. The molecule has 120 valence electrons. The van der Waals surface area contributed by atoms with E-state index in [0.29, 0.717) is 35.5 Å². The summed E-state index contributed by atoms with van der Waals surface area (Å²) in [6, 6.07) is 5.01. The molecule has 0 saturated carbocycles. The van der Waals surface area contributed by atoms with Crippen molar-refractivity contribution < 1.29 is 19.2 Å². The highest BCUT2D eigenvalue weighted by Gasteiger charge is 2.41. The standard InChI is InChI=1S/C15H18Cl2N2O3/c16-11-7-12(17)9-13(8-11)18-14(20)10-19-3-1-15(2-4-19)21-5-6-22-15/h7-9H,1-6,10H2,(H,18,20)/p+1. The highest BCUT2D eigenvalue weighted by molar-refractivity contribution is 6.35. The maximum Gasteiger partial charge on any atom is 0.279 e. The summed E-state index contributed by atoms with van der Waals surface area (Å²) in [6.45, 7) is 3.49. The van der Waals surface area contributed by atoms with Crippen LogP contribution in [0, 0.1) is 0 Å². The van der Waals surface area contributed by atoms with Crippen molar-refractivity contribution in [2.75, 3.05) is 38.2 Å². The fraction of sp³-hybridized carbons (Fsp3) is 0.533. The molecule has 2 N–H and O–H groups in total. The maximum absolute atomic E-state index is 12.1. The Balaban J connectivity index is 1.50. The second-order valence-corrected chi connectivity index (χ2v) is 6.61. The molecular formula is C15H19Cl2N2O3+. The predicted octanol–water partition coefficient (Wildman–Crippen LogP) is 1.35. The third kappa shape index (κ3) is 3.91. The van der Waals surface area contributed by atoms with Gasteiger partial charge in [0.05, 0.1) is 39.1 Å². The number of carbonyl (C=O) groups is 1. The Hall–Kier alpha value is -0.850. The Labute approximate surface area is 139 Å². The quantitative estimate of drug-likeness (QED) is 0.869. The molecule has 0 bridgehead atoms. The first-order valence-electron chi connectivity index (χ1n) is 7.42. The number of hydrogen-bond acceptors (Lipinski definition) is 3. The van der Waals surface area contributed by atoms with Crippen LogP contribution < -0.4 is 10.2 Å². The second kappa shape index (κ2) is 6.72. The molecule has 2 fully saturated rings. The lowest BCUT2D eigenvalue weighted by Gasteiger charge is -2.34. The monoisotopic (exact) mass is 345 g/mol. The van der Waals surface area contributed by atoms with Crippen LogP contribution in [0.25, 0.3) is 0 Å². The van der Waals surface area contributed by atoms with Gasteiger partial charge < -0.3 is 19.7 Å². The van der Waals surface area contributed by atoms with Crippen LogP contribution in [0.2, 0.25) is 10.0 Å². The minimum absolute atomic E-state index is 0.0439. The molecule has 2 aliphatic rings. The van der Waals surface area contributed by atoms with E-state index in [9.17, 15) is 4.79 Å².